The second-order valence-corrected chi connectivity index (χ2v) is 6.36. The van der Waals surface area contributed by atoms with Gasteiger partial charge in [0.25, 0.3) is 0 Å². The van der Waals surface area contributed by atoms with Crippen LogP contribution < -0.4 is 4.90 Å². The third kappa shape index (κ3) is 3.67. The number of likely N-dealkylation sites (N-methyl/N-ethyl adjacent to an activating group) is 1. The number of carbonyl (C=O) groups is 1. The van der Waals surface area contributed by atoms with Gasteiger partial charge in [0.05, 0.1) is 0 Å². The summed E-state index contributed by atoms with van der Waals surface area (Å²) >= 11 is 5.25. The van der Waals surface area contributed by atoms with Gasteiger partial charge >= 0.3 is 0 Å². The molecule has 0 aliphatic heterocycles. The summed E-state index contributed by atoms with van der Waals surface area (Å²) in [4.78, 5) is 15.0. The number of nitrogens with zero attached hydrogens (tertiary/aromatic N) is 1. The van der Waals surface area contributed by atoms with E-state index in [1.54, 1.807) is 18.3 Å². The van der Waals surface area contributed by atoms with Gasteiger partial charge < -0.3 is 4.90 Å². The maximum atomic E-state index is 11.4. The first kappa shape index (κ1) is 14.3. The fourth-order valence-electron chi connectivity index (χ4n) is 1.89. The van der Waals surface area contributed by atoms with E-state index in [1.807, 2.05) is 18.2 Å². The van der Waals surface area contributed by atoms with Crippen LogP contribution in [-0.2, 0) is 6.42 Å². The van der Waals surface area contributed by atoms with E-state index in [-0.39, 0.29) is 5.78 Å². The molecule has 0 atom stereocenters. The molecule has 0 radical (unpaired) electrons. The Labute approximate surface area is 126 Å². The summed E-state index contributed by atoms with van der Waals surface area (Å²) in [5, 5.41) is 2.10. The minimum atomic E-state index is 0.0830. The zero-order chi connectivity index (χ0) is 13.8. The summed E-state index contributed by atoms with van der Waals surface area (Å²) in [5.74, 6) is 0.0830. The van der Waals surface area contributed by atoms with E-state index >= 15 is 0 Å². The Balaban J connectivity index is 2.05. The number of hydrogen-bond acceptors (Lipinski definition) is 3. The molecule has 1 aromatic heterocycles. The number of halogens is 1. The molecule has 1 heterocycles. The predicted molar refractivity (Wildman–Crippen MR) is 85.4 cm³/mol. The van der Waals surface area contributed by atoms with E-state index in [2.05, 4.69) is 45.4 Å². The van der Waals surface area contributed by atoms with Gasteiger partial charge in [-0.05, 0) is 58.9 Å². The Kier molecular flexibility index (Phi) is 4.77. The van der Waals surface area contributed by atoms with Crippen LogP contribution in [0.5, 0.6) is 0 Å². The van der Waals surface area contributed by atoms with Crippen molar-refractivity contribution in [2.75, 3.05) is 18.5 Å². The standard InChI is InChI=1S/C15H16BrNOS/c1-11(18)14-6-5-12(10-15(14)16)17(2)8-7-13-4-3-9-19-13/h3-6,9-10H,7-8H2,1-2H3. The summed E-state index contributed by atoms with van der Waals surface area (Å²) in [7, 11) is 2.07. The lowest BCUT2D eigenvalue weighted by Gasteiger charge is -2.19. The zero-order valence-electron chi connectivity index (χ0n) is 11.0. The van der Waals surface area contributed by atoms with Gasteiger partial charge in [0.1, 0.15) is 0 Å². The van der Waals surface area contributed by atoms with Crippen molar-refractivity contribution in [2.24, 2.45) is 0 Å². The van der Waals surface area contributed by atoms with Gasteiger partial charge in [0, 0.05) is 34.2 Å². The van der Waals surface area contributed by atoms with Crippen LogP contribution in [0.15, 0.2) is 40.2 Å². The van der Waals surface area contributed by atoms with E-state index < -0.39 is 0 Å². The Hall–Kier alpha value is -1.13. The highest BCUT2D eigenvalue weighted by atomic mass is 79.9. The maximum Gasteiger partial charge on any atom is 0.160 e. The Bertz CT molecular complexity index is 566. The summed E-state index contributed by atoms with van der Waals surface area (Å²) in [5.41, 5.74) is 1.85. The summed E-state index contributed by atoms with van der Waals surface area (Å²) < 4.78 is 0.862. The molecule has 1 aromatic carbocycles. The van der Waals surface area contributed by atoms with Crippen molar-refractivity contribution < 1.29 is 4.79 Å². The first-order valence-electron chi connectivity index (χ1n) is 6.12. The van der Waals surface area contributed by atoms with Crippen LogP contribution in [-0.4, -0.2) is 19.4 Å². The highest BCUT2D eigenvalue weighted by Gasteiger charge is 2.08. The number of thiophene rings is 1. The van der Waals surface area contributed by atoms with E-state index in [4.69, 9.17) is 0 Å². The quantitative estimate of drug-likeness (QED) is 0.754. The molecular formula is C15H16BrNOS. The van der Waals surface area contributed by atoms with Crippen LogP contribution in [0.2, 0.25) is 0 Å². The number of carbonyl (C=O) groups excluding carboxylic acids is 1. The third-order valence-corrected chi connectivity index (χ3v) is 4.64. The zero-order valence-corrected chi connectivity index (χ0v) is 13.4. The van der Waals surface area contributed by atoms with Crippen LogP contribution in [0, 0.1) is 0 Å². The van der Waals surface area contributed by atoms with Crippen molar-refractivity contribution in [3.63, 3.8) is 0 Å². The first-order chi connectivity index (χ1) is 9.08. The lowest BCUT2D eigenvalue weighted by Crippen LogP contribution is -2.20. The number of Topliss-reactive ketones (excluding diaryl/α,β-unsaturated/α-hetero) is 1. The summed E-state index contributed by atoms with van der Waals surface area (Å²) in [6.07, 6.45) is 1.04. The molecule has 0 fully saturated rings. The smallest absolute Gasteiger partial charge is 0.160 e. The van der Waals surface area contributed by atoms with Crippen molar-refractivity contribution in [1.82, 2.24) is 0 Å². The topological polar surface area (TPSA) is 20.3 Å². The lowest BCUT2D eigenvalue weighted by atomic mass is 10.1. The monoisotopic (exact) mass is 337 g/mol. The van der Waals surface area contributed by atoms with Crippen molar-refractivity contribution in [3.8, 4) is 0 Å². The molecule has 2 rings (SSSR count). The molecule has 2 nitrogen and oxygen atoms in total. The van der Waals surface area contributed by atoms with Gasteiger partial charge in [-0.3, -0.25) is 4.79 Å². The molecule has 0 aliphatic rings. The number of rotatable bonds is 5. The van der Waals surface area contributed by atoms with Crippen molar-refractivity contribution in [1.29, 1.82) is 0 Å². The molecular weight excluding hydrogens is 322 g/mol. The fourth-order valence-corrected chi connectivity index (χ4v) is 3.23. The average Bonchev–Trinajstić information content (AvgIpc) is 2.88. The van der Waals surface area contributed by atoms with E-state index in [1.165, 1.54) is 4.88 Å². The minimum absolute atomic E-state index is 0.0830. The van der Waals surface area contributed by atoms with Gasteiger partial charge in [-0.2, -0.15) is 0 Å². The Morgan fingerprint density at radius 3 is 2.74 bits per heavy atom. The summed E-state index contributed by atoms with van der Waals surface area (Å²) in [6.45, 7) is 2.55. The molecule has 2 aromatic rings. The fraction of sp³-hybridized carbons (Fsp3) is 0.267. The number of benzene rings is 1. The average molecular weight is 338 g/mol. The van der Waals surface area contributed by atoms with Gasteiger partial charge in [-0.25, -0.2) is 0 Å². The van der Waals surface area contributed by atoms with Crippen LogP contribution in [0.4, 0.5) is 5.69 Å². The Morgan fingerprint density at radius 2 is 2.16 bits per heavy atom. The second-order valence-electron chi connectivity index (χ2n) is 4.47. The van der Waals surface area contributed by atoms with Crippen LogP contribution in [0.25, 0.3) is 0 Å². The molecule has 0 unspecified atom stereocenters. The molecule has 0 spiro atoms. The highest BCUT2D eigenvalue weighted by Crippen LogP contribution is 2.24. The molecule has 0 saturated heterocycles. The van der Waals surface area contributed by atoms with Crippen molar-refractivity contribution in [3.05, 3.63) is 50.6 Å². The first-order valence-corrected chi connectivity index (χ1v) is 7.79. The van der Waals surface area contributed by atoms with Crippen LogP contribution in [0.1, 0.15) is 22.2 Å². The van der Waals surface area contributed by atoms with E-state index in [0.717, 1.165) is 28.7 Å². The highest BCUT2D eigenvalue weighted by molar-refractivity contribution is 9.10. The predicted octanol–water partition coefficient (Wildman–Crippen LogP) is 4.39. The normalized spacial score (nSPS) is 10.5. The molecule has 0 saturated carbocycles. The molecule has 0 aliphatic carbocycles. The minimum Gasteiger partial charge on any atom is -0.374 e. The molecule has 100 valence electrons. The number of ketones is 1. The van der Waals surface area contributed by atoms with E-state index in [9.17, 15) is 4.79 Å². The van der Waals surface area contributed by atoms with Crippen LogP contribution in [0.3, 0.4) is 0 Å². The van der Waals surface area contributed by atoms with Gasteiger partial charge in [-0.1, -0.05) is 6.07 Å². The van der Waals surface area contributed by atoms with Crippen molar-refractivity contribution >= 4 is 38.7 Å². The van der Waals surface area contributed by atoms with Gasteiger partial charge in [-0.15, -0.1) is 11.3 Å². The second kappa shape index (κ2) is 6.35. The molecule has 4 heteroatoms. The Morgan fingerprint density at radius 1 is 1.37 bits per heavy atom. The van der Waals surface area contributed by atoms with Crippen LogP contribution >= 0.6 is 27.3 Å². The van der Waals surface area contributed by atoms with Crippen molar-refractivity contribution in [2.45, 2.75) is 13.3 Å². The lowest BCUT2D eigenvalue weighted by molar-refractivity contribution is 0.101. The summed E-state index contributed by atoms with van der Waals surface area (Å²) in [6, 6.07) is 10.1. The molecule has 0 bridgehead atoms. The third-order valence-electron chi connectivity index (χ3n) is 3.05. The number of anilines is 1. The molecule has 0 amide bonds. The molecule has 0 N–H and O–H groups in total. The van der Waals surface area contributed by atoms with E-state index in [0.29, 0.717) is 0 Å². The largest absolute Gasteiger partial charge is 0.374 e. The van der Waals surface area contributed by atoms with Gasteiger partial charge in [0.2, 0.25) is 0 Å². The van der Waals surface area contributed by atoms with Gasteiger partial charge in [0.15, 0.2) is 5.78 Å². The SMILES string of the molecule is CC(=O)c1ccc(N(C)CCc2cccs2)cc1Br. The number of hydrogen-bond donors (Lipinski definition) is 0. The molecule has 19 heavy (non-hydrogen) atoms. The maximum absolute atomic E-state index is 11.4.